The number of aromatic amines is 1. The molecule has 0 bridgehead atoms. The number of thioether (sulfide) groups is 1. The maximum atomic E-state index is 12.9. The third-order valence-corrected chi connectivity index (χ3v) is 6.85. The molecule has 0 radical (unpaired) electrons. The largest absolute Gasteiger partial charge is 0.465 e. The highest BCUT2D eigenvalue weighted by Gasteiger charge is 2.14. The molecule has 2 heterocycles. The molecule has 0 saturated heterocycles. The van der Waals surface area contributed by atoms with Gasteiger partial charge in [-0.15, -0.1) is 11.3 Å². The summed E-state index contributed by atoms with van der Waals surface area (Å²) in [4.78, 5) is 32.9. The Bertz CT molecular complexity index is 1290. The van der Waals surface area contributed by atoms with Gasteiger partial charge in [0, 0.05) is 16.7 Å². The van der Waals surface area contributed by atoms with Crippen molar-refractivity contribution in [3.8, 4) is 11.1 Å². The van der Waals surface area contributed by atoms with Crippen LogP contribution >= 0.6 is 23.1 Å². The summed E-state index contributed by atoms with van der Waals surface area (Å²) in [7, 11) is 1.36. The topological polar surface area (TPSA) is 72.0 Å². The lowest BCUT2D eigenvalue weighted by Crippen LogP contribution is -2.08. The molecule has 7 heteroatoms. The van der Waals surface area contributed by atoms with Crippen LogP contribution in [0.4, 0.5) is 0 Å². The summed E-state index contributed by atoms with van der Waals surface area (Å²) in [6.07, 6.45) is 0. The van der Waals surface area contributed by atoms with E-state index in [9.17, 15) is 9.59 Å². The Kier molecular flexibility index (Phi) is 6.25. The molecule has 0 unspecified atom stereocenters. The summed E-state index contributed by atoms with van der Waals surface area (Å²) in [6.45, 7) is 4.32. The Balaban J connectivity index is 1.58. The van der Waals surface area contributed by atoms with Gasteiger partial charge in [0.05, 0.1) is 18.1 Å². The number of methoxy groups -OCH3 is 1. The summed E-state index contributed by atoms with van der Waals surface area (Å²) in [5.74, 6) is 0.673. The summed E-state index contributed by atoms with van der Waals surface area (Å²) in [5.41, 5.74) is 4.51. The normalized spacial score (nSPS) is 11.2. The van der Waals surface area contributed by atoms with E-state index in [0.717, 1.165) is 21.5 Å². The van der Waals surface area contributed by atoms with Gasteiger partial charge in [-0.25, -0.2) is 9.78 Å². The first-order valence-corrected chi connectivity index (χ1v) is 11.7. The highest BCUT2D eigenvalue weighted by Crippen LogP contribution is 2.32. The Hall–Kier alpha value is -2.90. The highest BCUT2D eigenvalue weighted by molar-refractivity contribution is 7.98. The lowest BCUT2D eigenvalue weighted by atomic mass is 9.99. The number of benzene rings is 2. The molecule has 0 aliphatic carbocycles. The molecule has 4 aromatic rings. The number of thiophene rings is 1. The molecule has 4 rings (SSSR count). The van der Waals surface area contributed by atoms with E-state index in [2.05, 4.69) is 48.1 Å². The average molecular weight is 451 g/mol. The zero-order valence-corrected chi connectivity index (χ0v) is 19.1. The molecular weight excluding hydrogens is 428 g/mol. The molecule has 0 aliphatic rings. The number of rotatable bonds is 6. The third kappa shape index (κ3) is 4.57. The van der Waals surface area contributed by atoms with Crippen molar-refractivity contribution in [2.24, 2.45) is 0 Å². The molecular formula is C24H22N2O3S2. The second kappa shape index (κ2) is 9.08. The van der Waals surface area contributed by atoms with Gasteiger partial charge in [0.1, 0.15) is 4.83 Å². The maximum Gasteiger partial charge on any atom is 0.337 e. The fourth-order valence-corrected chi connectivity index (χ4v) is 5.12. The van der Waals surface area contributed by atoms with Gasteiger partial charge in [0.2, 0.25) is 0 Å². The van der Waals surface area contributed by atoms with Crippen molar-refractivity contribution in [1.29, 1.82) is 0 Å². The number of ether oxygens (including phenoxy) is 1. The van der Waals surface area contributed by atoms with E-state index in [1.54, 1.807) is 12.1 Å². The number of carbonyl (C=O) groups excluding carboxylic acids is 1. The molecule has 2 aromatic carbocycles. The maximum absolute atomic E-state index is 12.9. The van der Waals surface area contributed by atoms with Crippen LogP contribution in [0.2, 0.25) is 0 Å². The first-order chi connectivity index (χ1) is 15.0. The van der Waals surface area contributed by atoms with E-state index in [-0.39, 0.29) is 11.5 Å². The van der Waals surface area contributed by atoms with E-state index in [1.807, 2.05) is 17.5 Å². The van der Waals surface area contributed by atoms with Crippen molar-refractivity contribution in [3.63, 3.8) is 0 Å². The SMILES string of the molecule is COC(=O)c1cccc(CSc2nc3scc(-c4ccc(C(C)C)cc4)c3c(=O)[nH]2)c1. The monoisotopic (exact) mass is 450 g/mol. The van der Waals surface area contributed by atoms with Crippen LogP contribution in [-0.2, 0) is 10.5 Å². The van der Waals surface area contributed by atoms with Crippen LogP contribution in [-0.4, -0.2) is 23.0 Å². The lowest BCUT2D eigenvalue weighted by molar-refractivity contribution is 0.0600. The number of esters is 1. The van der Waals surface area contributed by atoms with Gasteiger partial charge >= 0.3 is 5.97 Å². The molecule has 0 saturated carbocycles. The van der Waals surface area contributed by atoms with E-state index < -0.39 is 0 Å². The van der Waals surface area contributed by atoms with Gasteiger partial charge in [-0.05, 0) is 34.7 Å². The number of hydrogen-bond donors (Lipinski definition) is 1. The molecule has 0 aliphatic heterocycles. The number of fused-ring (bicyclic) bond motifs is 1. The Labute approximate surface area is 188 Å². The second-order valence-corrected chi connectivity index (χ2v) is 9.28. The van der Waals surface area contributed by atoms with Gasteiger partial charge in [0.15, 0.2) is 5.16 Å². The van der Waals surface area contributed by atoms with Crippen LogP contribution in [0.3, 0.4) is 0 Å². The molecule has 31 heavy (non-hydrogen) atoms. The van der Waals surface area contributed by atoms with Crippen LogP contribution in [0, 0.1) is 0 Å². The minimum absolute atomic E-state index is 0.139. The fraction of sp³-hybridized carbons (Fsp3) is 0.208. The summed E-state index contributed by atoms with van der Waals surface area (Å²) in [5, 5.41) is 3.18. The summed E-state index contributed by atoms with van der Waals surface area (Å²) >= 11 is 2.90. The van der Waals surface area contributed by atoms with Crippen LogP contribution in [0.1, 0.15) is 41.3 Å². The number of H-pyrrole nitrogens is 1. The van der Waals surface area contributed by atoms with E-state index >= 15 is 0 Å². The predicted octanol–water partition coefficient (Wildman–Crippen LogP) is 5.85. The summed E-state index contributed by atoms with van der Waals surface area (Å²) < 4.78 is 4.77. The van der Waals surface area contributed by atoms with E-state index in [4.69, 9.17) is 4.74 Å². The van der Waals surface area contributed by atoms with E-state index in [0.29, 0.717) is 27.8 Å². The molecule has 2 aromatic heterocycles. The van der Waals surface area contributed by atoms with Crippen LogP contribution in [0.5, 0.6) is 0 Å². The Morgan fingerprint density at radius 2 is 1.97 bits per heavy atom. The minimum atomic E-state index is -0.368. The van der Waals surface area contributed by atoms with Crippen molar-refractivity contribution >= 4 is 39.3 Å². The van der Waals surface area contributed by atoms with Crippen LogP contribution in [0.15, 0.2) is 63.9 Å². The van der Waals surface area contributed by atoms with Crippen molar-refractivity contribution in [2.45, 2.75) is 30.7 Å². The Morgan fingerprint density at radius 3 is 2.68 bits per heavy atom. The molecule has 0 amide bonds. The molecule has 158 valence electrons. The molecule has 0 fully saturated rings. The van der Waals surface area contributed by atoms with Crippen molar-refractivity contribution in [1.82, 2.24) is 9.97 Å². The standard InChI is InChI=1S/C24H22N2O3S2/c1-14(2)16-7-9-17(10-8-16)19-13-30-22-20(19)21(27)25-24(26-22)31-12-15-5-4-6-18(11-15)23(28)29-3/h4-11,13-14H,12H2,1-3H3,(H,25,26,27). The van der Waals surface area contributed by atoms with Crippen molar-refractivity contribution < 1.29 is 9.53 Å². The van der Waals surface area contributed by atoms with Crippen molar-refractivity contribution in [2.75, 3.05) is 7.11 Å². The minimum Gasteiger partial charge on any atom is -0.465 e. The highest BCUT2D eigenvalue weighted by atomic mass is 32.2. The zero-order chi connectivity index (χ0) is 22.0. The number of nitrogens with zero attached hydrogens (tertiary/aromatic N) is 1. The zero-order valence-electron chi connectivity index (χ0n) is 17.5. The lowest BCUT2D eigenvalue weighted by Gasteiger charge is -2.07. The first kappa shape index (κ1) is 21.3. The van der Waals surface area contributed by atoms with Gasteiger partial charge in [-0.3, -0.25) is 4.79 Å². The predicted molar refractivity (Wildman–Crippen MR) is 127 cm³/mol. The van der Waals surface area contributed by atoms with Gasteiger partial charge in [-0.1, -0.05) is 62.0 Å². The molecule has 1 N–H and O–H groups in total. The third-order valence-electron chi connectivity index (χ3n) is 5.03. The average Bonchev–Trinajstić information content (AvgIpc) is 3.22. The molecule has 0 atom stereocenters. The fourth-order valence-electron chi connectivity index (χ4n) is 3.32. The molecule has 5 nitrogen and oxygen atoms in total. The van der Waals surface area contributed by atoms with Gasteiger partial charge in [0.25, 0.3) is 5.56 Å². The number of carbonyl (C=O) groups is 1. The smallest absolute Gasteiger partial charge is 0.337 e. The Morgan fingerprint density at radius 1 is 1.19 bits per heavy atom. The quantitative estimate of drug-likeness (QED) is 0.226. The van der Waals surface area contributed by atoms with Gasteiger partial charge in [-0.2, -0.15) is 0 Å². The van der Waals surface area contributed by atoms with Crippen LogP contribution < -0.4 is 5.56 Å². The second-order valence-electron chi connectivity index (χ2n) is 7.46. The number of hydrogen-bond acceptors (Lipinski definition) is 6. The molecule has 0 spiro atoms. The number of nitrogens with one attached hydrogen (secondary N) is 1. The summed E-state index contributed by atoms with van der Waals surface area (Å²) in [6, 6.07) is 15.6. The van der Waals surface area contributed by atoms with Crippen LogP contribution in [0.25, 0.3) is 21.3 Å². The van der Waals surface area contributed by atoms with E-state index in [1.165, 1.54) is 35.8 Å². The number of aromatic nitrogens is 2. The van der Waals surface area contributed by atoms with Crippen molar-refractivity contribution in [3.05, 3.63) is 81.0 Å². The van der Waals surface area contributed by atoms with Gasteiger partial charge < -0.3 is 9.72 Å². The first-order valence-electron chi connectivity index (χ1n) is 9.88.